The minimum atomic E-state index is -1.05. The van der Waals surface area contributed by atoms with Crippen molar-refractivity contribution in [1.29, 1.82) is 0 Å². The fourth-order valence-electron chi connectivity index (χ4n) is 2.24. The van der Waals surface area contributed by atoms with E-state index in [-0.39, 0.29) is 22.6 Å². The van der Waals surface area contributed by atoms with Crippen molar-refractivity contribution < 1.29 is 22.7 Å². The third-order valence-electron chi connectivity index (χ3n) is 3.27. The fraction of sp³-hybridized carbons (Fsp3) is 0.0588. The molecule has 23 heavy (non-hydrogen) atoms. The third kappa shape index (κ3) is 2.75. The summed E-state index contributed by atoms with van der Waals surface area (Å²) in [7, 11) is 0. The molecule has 3 nitrogen and oxygen atoms in total. The molecule has 1 heterocycles. The maximum atomic E-state index is 13.7. The molecule has 0 saturated carbocycles. The van der Waals surface area contributed by atoms with Gasteiger partial charge in [-0.2, -0.15) is 0 Å². The van der Waals surface area contributed by atoms with Crippen LogP contribution in [0.3, 0.4) is 0 Å². The number of aromatic nitrogens is 1. The van der Waals surface area contributed by atoms with Crippen LogP contribution in [0.15, 0.2) is 42.6 Å². The number of ether oxygens (including phenoxy) is 1. The quantitative estimate of drug-likeness (QED) is 0.660. The summed E-state index contributed by atoms with van der Waals surface area (Å²) in [6, 6.07) is 7.76. The van der Waals surface area contributed by atoms with Crippen LogP contribution in [0.2, 0.25) is 0 Å². The summed E-state index contributed by atoms with van der Waals surface area (Å²) in [4.78, 5) is 15.4. The van der Waals surface area contributed by atoms with Gasteiger partial charge in [0.05, 0.1) is 11.8 Å². The van der Waals surface area contributed by atoms with E-state index in [0.717, 1.165) is 12.1 Å². The van der Waals surface area contributed by atoms with Crippen LogP contribution in [0.25, 0.3) is 10.9 Å². The monoisotopic (exact) mass is 317 g/mol. The highest BCUT2D eigenvalue weighted by Gasteiger charge is 2.15. The number of ketones is 1. The molecule has 0 fully saturated rings. The molecule has 0 amide bonds. The number of carbonyl (C=O) groups is 1. The molecule has 0 radical (unpaired) electrons. The van der Waals surface area contributed by atoms with Gasteiger partial charge in [0.15, 0.2) is 17.4 Å². The van der Waals surface area contributed by atoms with Gasteiger partial charge in [-0.1, -0.05) is 6.07 Å². The molecule has 6 heteroatoms. The zero-order valence-electron chi connectivity index (χ0n) is 11.9. The van der Waals surface area contributed by atoms with Gasteiger partial charge in [0.25, 0.3) is 0 Å². The van der Waals surface area contributed by atoms with Gasteiger partial charge in [0.1, 0.15) is 22.8 Å². The fourth-order valence-corrected chi connectivity index (χ4v) is 2.24. The summed E-state index contributed by atoms with van der Waals surface area (Å²) in [5.41, 5.74) is -0.318. The normalized spacial score (nSPS) is 10.8. The van der Waals surface area contributed by atoms with Crippen molar-refractivity contribution in [3.8, 4) is 11.5 Å². The van der Waals surface area contributed by atoms with Crippen LogP contribution >= 0.6 is 0 Å². The second kappa shape index (κ2) is 5.72. The number of fused-ring (bicyclic) bond motifs is 1. The van der Waals surface area contributed by atoms with E-state index in [1.807, 2.05) is 0 Å². The first kappa shape index (κ1) is 15.0. The number of nitrogens with zero attached hydrogens (tertiary/aromatic N) is 1. The molecular weight excluding hydrogens is 307 g/mol. The number of hydrogen-bond donors (Lipinski definition) is 0. The molecule has 116 valence electrons. The number of Topliss-reactive ketones (excluding diaryl/α,β-unsaturated/α-hetero) is 1. The SMILES string of the molecule is CC(=O)c1c(F)cccc1Oc1cnc2c(F)c(F)ccc2c1. The van der Waals surface area contributed by atoms with E-state index in [2.05, 4.69) is 4.98 Å². The Morgan fingerprint density at radius 3 is 2.61 bits per heavy atom. The van der Waals surface area contributed by atoms with Crippen molar-refractivity contribution in [2.24, 2.45) is 0 Å². The molecule has 3 aromatic rings. The van der Waals surface area contributed by atoms with E-state index in [0.29, 0.717) is 5.39 Å². The van der Waals surface area contributed by atoms with Crippen molar-refractivity contribution in [1.82, 2.24) is 4.98 Å². The van der Waals surface area contributed by atoms with Crippen LogP contribution in [0.1, 0.15) is 17.3 Å². The predicted octanol–water partition coefficient (Wildman–Crippen LogP) is 4.65. The van der Waals surface area contributed by atoms with Gasteiger partial charge in [-0.15, -0.1) is 0 Å². The highest BCUT2D eigenvalue weighted by Crippen LogP contribution is 2.29. The lowest BCUT2D eigenvalue weighted by molar-refractivity contribution is 0.101. The van der Waals surface area contributed by atoms with Gasteiger partial charge in [-0.25, -0.2) is 18.2 Å². The van der Waals surface area contributed by atoms with E-state index in [4.69, 9.17) is 4.74 Å². The Kier molecular flexibility index (Phi) is 3.73. The van der Waals surface area contributed by atoms with Crippen LogP contribution < -0.4 is 4.74 Å². The third-order valence-corrected chi connectivity index (χ3v) is 3.27. The molecule has 2 aromatic carbocycles. The molecule has 3 rings (SSSR count). The van der Waals surface area contributed by atoms with E-state index in [9.17, 15) is 18.0 Å². The lowest BCUT2D eigenvalue weighted by atomic mass is 10.1. The average molecular weight is 317 g/mol. The van der Waals surface area contributed by atoms with Crippen molar-refractivity contribution >= 4 is 16.7 Å². The highest BCUT2D eigenvalue weighted by atomic mass is 19.2. The van der Waals surface area contributed by atoms with E-state index in [1.54, 1.807) is 0 Å². The first-order valence-corrected chi connectivity index (χ1v) is 6.68. The molecule has 0 aliphatic carbocycles. The summed E-state index contributed by atoms with van der Waals surface area (Å²) in [6.07, 6.45) is 1.18. The molecule has 0 atom stereocenters. The second-order valence-electron chi connectivity index (χ2n) is 4.88. The largest absolute Gasteiger partial charge is 0.455 e. The summed E-state index contributed by atoms with van der Waals surface area (Å²) in [5.74, 6) is -3.03. The van der Waals surface area contributed by atoms with Gasteiger partial charge >= 0.3 is 0 Å². The summed E-state index contributed by atoms with van der Waals surface area (Å²) in [5, 5.41) is 0.321. The summed E-state index contributed by atoms with van der Waals surface area (Å²) in [6.45, 7) is 1.22. The van der Waals surface area contributed by atoms with E-state index in [1.165, 1.54) is 37.4 Å². The second-order valence-corrected chi connectivity index (χ2v) is 4.88. The Labute approximate surface area is 129 Å². The first-order valence-electron chi connectivity index (χ1n) is 6.68. The highest BCUT2D eigenvalue weighted by molar-refractivity contribution is 5.97. The topological polar surface area (TPSA) is 39.2 Å². The molecule has 0 bridgehead atoms. The van der Waals surface area contributed by atoms with Gasteiger partial charge in [0.2, 0.25) is 0 Å². The van der Waals surface area contributed by atoms with Crippen molar-refractivity contribution in [2.75, 3.05) is 0 Å². The van der Waals surface area contributed by atoms with Crippen LogP contribution in [0.5, 0.6) is 11.5 Å². The Morgan fingerprint density at radius 1 is 1.09 bits per heavy atom. The predicted molar refractivity (Wildman–Crippen MR) is 78.1 cm³/mol. The Balaban J connectivity index is 2.05. The van der Waals surface area contributed by atoms with Crippen LogP contribution in [-0.2, 0) is 0 Å². The van der Waals surface area contributed by atoms with Gasteiger partial charge < -0.3 is 4.74 Å². The molecule has 0 N–H and O–H groups in total. The maximum absolute atomic E-state index is 13.7. The van der Waals surface area contributed by atoms with E-state index >= 15 is 0 Å². The number of benzene rings is 2. The molecule has 0 aliphatic heterocycles. The Morgan fingerprint density at radius 2 is 1.87 bits per heavy atom. The summed E-state index contributed by atoms with van der Waals surface area (Å²) >= 11 is 0. The molecular formula is C17H10F3NO2. The zero-order valence-corrected chi connectivity index (χ0v) is 11.9. The molecule has 1 aromatic heterocycles. The summed E-state index contributed by atoms with van der Waals surface area (Å²) < 4.78 is 46.0. The Bertz CT molecular complexity index is 925. The van der Waals surface area contributed by atoms with E-state index < -0.39 is 23.2 Å². The molecule has 0 unspecified atom stereocenters. The van der Waals surface area contributed by atoms with Crippen LogP contribution in [0, 0.1) is 17.5 Å². The van der Waals surface area contributed by atoms with Crippen molar-refractivity contribution in [2.45, 2.75) is 6.92 Å². The minimum Gasteiger partial charge on any atom is -0.455 e. The molecule has 0 aliphatic rings. The van der Waals surface area contributed by atoms with Crippen LogP contribution in [-0.4, -0.2) is 10.8 Å². The molecule has 0 saturated heterocycles. The average Bonchev–Trinajstić information content (AvgIpc) is 2.51. The number of rotatable bonds is 3. The van der Waals surface area contributed by atoms with Gasteiger partial charge in [-0.3, -0.25) is 4.79 Å². The zero-order chi connectivity index (χ0) is 16.6. The number of hydrogen-bond acceptors (Lipinski definition) is 3. The number of carbonyl (C=O) groups excluding carboxylic acids is 1. The maximum Gasteiger partial charge on any atom is 0.184 e. The smallest absolute Gasteiger partial charge is 0.184 e. The van der Waals surface area contributed by atoms with Gasteiger partial charge in [-0.05, 0) is 37.3 Å². The Hall–Kier alpha value is -2.89. The standard InChI is InChI=1S/C17H10F3NO2/c1-9(22)15-12(18)3-2-4-14(15)23-11-7-10-5-6-13(19)16(20)17(10)21-8-11/h2-8H,1H3. The van der Waals surface area contributed by atoms with Gasteiger partial charge in [0, 0.05) is 5.39 Å². The lowest BCUT2D eigenvalue weighted by Gasteiger charge is -2.10. The van der Waals surface area contributed by atoms with Crippen molar-refractivity contribution in [3.63, 3.8) is 0 Å². The van der Waals surface area contributed by atoms with Crippen molar-refractivity contribution in [3.05, 3.63) is 65.6 Å². The lowest BCUT2D eigenvalue weighted by Crippen LogP contribution is -2.01. The first-order chi connectivity index (χ1) is 11.0. The molecule has 0 spiro atoms. The minimum absolute atomic E-state index is 0.0289. The number of halogens is 3. The van der Waals surface area contributed by atoms with Crippen LogP contribution in [0.4, 0.5) is 13.2 Å². The number of pyridine rings is 1.